The van der Waals surface area contributed by atoms with Crippen LogP contribution in [0.15, 0.2) is 210 Å². The van der Waals surface area contributed by atoms with E-state index >= 15 is 0 Å². The monoisotopic (exact) mass is 785 g/mol. The van der Waals surface area contributed by atoms with Gasteiger partial charge in [-0.3, -0.25) is 0 Å². The second-order valence-electron chi connectivity index (χ2n) is 16.9. The van der Waals surface area contributed by atoms with Gasteiger partial charge in [0.05, 0.1) is 0 Å². The lowest BCUT2D eigenvalue weighted by Gasteiger charge is -2.35. The van der Waals surface area contributed by atoms with Gasteiger partial charge in [-0.15, -0.1) is 0 Å². The van der Waals surface area contributed by atoms with E-state index in [2.05, 4.69) is 184 Å². The lowest BCUT2D eigenvalue weighted by atomic mass is 9.69. The van der Waals surface area contributed by atoms with Crippen molar-refractivity contribution < 1.29 is 4.42 Å². The number of aromatic nitrogens is 3. The van der Waals surface area contributed by atoms with Crippen LogP contribution in [0.2, 0.25) is 0 Å². The number of allylic oxidation sites excluding steroid dienone is 8. The number of para-hydroxylation sites is 1. The van der Waals surface area contributed by atoms with Crippen molar-refractivity contribution in [2.24, 2.45) is 5.41 Å². The average Bonchev–Trinajstić information content (AvgIpc) is 3.72. The second kappa shape index (κ2) is 14.7. The summed E-state index contributed by atoms with van der Waals surface area (Å²) in [4.78, 5) is 15.6. The molecule has 0 fully saturated rings. The van der Waals surface area contributed by atoms with Crippen molar-refractivity contribution in [2.45, 2.75) is 32.1 Å². The average molecular weight is 786 g/mol. The van der Waals surface area contributed by atoms with Gasteiger partial charge in [-0.05, 0) is 81.8 Å². The zero-order valence-electron chi connectivity index (χ0n) is 34.2. The van der Waals surface area contributed by atoms with Gasteiger partial charge in [0, 0.05) is 43.9 Å². The largest absolute Gasteiger partial charge is 0.455 e. The standard InChI is InChI=1S/C57H43N3O/c1-56(46-30-34-57(2,35-31-46)45-18-10-5-11-19-45)32-28-41(29-33-56)54-58-53(40-16-8-4-9-17-40)59-55(60-54)49-27-26-47(52-51(49)48-20-12-13-21-50(48)61-52)43-25-23-39-22-24-42(36-44(39)37-43)38-14-6-3-7-15-38/h3-32,34,36-37H,33,35H2,1-2H3. The third-order valence-electron chi connectivity index (χ3n) is 12.8. The molecule has 7 aromatic carbocycles. The molecule has 2 aromatic heterocycles. The highest BCUT2D eigenvalue weighted by atomic mass is 16.3. The van der Waals surface area contributed by atoms with Gasteiger partial charge in [0.25, 0.3) is 0 Å². The Bertz CT molecular complexity index is 3270. The third-order valence-corrected chi connectivity index (χ3v) is 12.8. The second-order valence-corrected chi connectivity index (χ2v) is 16.9. The Morgan fingerprint density at radius 2 is 1.10 bits per heavy atom. The predicted molar refractivity (Wildman–Crippen MR) is 252 cm³/mol. The van der Waals surface area contributed by atoms with Crippen LogP contribution in [0.5, 0.6) is 0 Å². The van der Waals surface area contributed by atoms with Crippen molar-refractivity contribution in [1.29, 1.82) is 0 Å². The lowest BCUT2D eigenvalue weighted by Crippen LogP contribution is -2.24. The Hall–Kier alpha value is -7.43. The Morgan fingerprint density at radius 1 is 0.475 bits per heavy atom. The quantitative estimate of drug-likeness (QED) is 0.161. The summed E-state index contributed by atoms with van der Waals surface area (Å²) < 4.78 is 6.78. The van der Waals surface area contributed by atoms with Crippen LogP contribution in [0.1, 0.15) is 38.1 Å². The number of rotatable bonds is 7. The molecule has 2 atom stereocenters. The Kier molecular flexibility index (Phi) is 8.82. The van der Waals surface area contributed by atoms with E-state index in [9.17, 15) is 0 Å². The summed E-state index contributed by atoms with van der Waals surface area (Å²) in [6, 6.07) is 57.5. The fourth-order valence-electron chi connectivity index (χ4n) is 9.11. The van der Waals surface area contributed by atoms with Gasteiger partial charge in [-0.1, -0.05) is 184 Å². The summed E-state index contributed by atoms with van der Waals surface area (Å²) in [6.45, 7) is 4.65. The molecule has 2 aliphatic carbocycles. The summed E-state index contributed by atoms with van der Waals surface area (Å²) in [6.07, 6.45) is 15.8. The fourth-order valence-corrected chi connectivity index (χ4v) is 9.11. The zero-order valence-corrected chi connectivity index (χ0v) is 34.2. The maximum Gasteiger partial charge on any atom is 0.164 e. The molecule has 4 heteroatoms. The molecule has 4 nitrogen and oxygen atoms in total. The molecule has 2 aliphatic rings. The van der Waals surface area contributed by atoms with E-state index in [1.54, 1.807) is 0 Å². The molecule has 0 aliphatic heterocycles. The highest BCUT2D eigenvalue weighted by Gasteiger charge is 2.32. The van der Waals surface area contributed by atoms with Crippen LogP contribution in [0.3, 0.4) is 0 Å². The number of hydrogen-bond donors (Lipinski definition) is 0. The highest BCUT2D eigenvalue weighted by Crippen LogP contribution is 2.45. The first-order valence-electron chi connectivity index (χ1n) is 21.1. The summed E-state index contributed by atoms with van der Waals surface area (Å²) in [5, 5.41) is 4.38. The number of furan rings is 1. The fraction of sp³-hybridized carbons (Fsp3) is 0.105. The van der Waals surface area contributed by atoms with Crippen molar-refractivity contribution in [2.75, 3.05) is 0 Å². The normalized spacial score (nSPS) is 18.7. The van der Waals surface area contributed by atoms with Crippen molar-refractivity contribution in [1.82, 2.24) is 15.0 Å². The molecule has 0 N–H and O–H groups in total. The van der Waals surface area contributed by atoms with Gasteiger partial charge >= 0.3 is 0 Å². The molecule has 61 heavy (non-hydrogen) atoms. The molecular formula is C57H43N3O. The summed E-state index contributed by atoms with van der Waals surface area (Å²) in [7, 11) is 0. The van der Waals surface area contributed by atoms with Crippen LogP contribution in [0.4, 0.5) is 0 Å². The van der Waals surface area contributed by atoms with Crippen LogP contribution >= 0.6 is 0 Å². The van der Waals surface area contributed by atoms with E-state index < -0.39 is 0 Å². The molecule has 2 heterocycles. The topological polar surface area (TPSA) is 51.8 Å². The van der Waals surface area contributed by atoms with Crippen LogP contribution in [0, 0.1) is 5.41 Å². The minimum Gasteiger partial charge on any atom is -0.455 e. The number of nitrogens with zero attached hydrogens (tertiary/aromatic N) is 3. The Labute approximate surface area is 356 Å². The zero-order chi connectivity index (χ0) is 41.0. The molecule has 0 amide bonds. The van der Waals surface area contributed by atoms with Gasteiger partial charge in [-0.25, -0.2) is 15.0 Å². The molecule has 9 aromatic rings. The first-order valence-corrected chi connectivity index (χ1v) is 21.1. The summed E-state index contributed by atoms with van der Waals surface area (Å²) in [5.41, 5.74) is 11.5. The van der Waals surface area contributed by atoms with Crippen molar-refractivity contribution >= 4 is 38.3 Å². The van der Waals surface area contributed by atoms with E-state index in [4.69, 9.17) is 19.4 Å². The van der Waals surface area contributed by atoms with Gasteiger partial charge in [0.1, 0.15) is 11.2 Å². The SMILES string of the molecule is CC1(C2=CCC(C)(c3ccccc3)C=C2)C=CC(c2nc(-c3ccccc3)nc(-c3ccc(-c4ccc5ccc(-c6ccccc6)cc5c4)c4oc5ccccc5c34)n2)=CC1. The number of hydrogen-bond acceptors (Lipinski definition) is 4. The van der Waals surface area contributed by atoms with E-state index in [1.165, 1.54) is 33.0 Å². The molecule has 0 saturated heterocycles. The number of benzene rings is 7. The van der Waals surface area contributed by atoms with Crippen LogP contribution in [-0.4, -0.2) is 15.0 Å². The first kappa shape index (κ1) is 36.6. The Morgan fingerprint density at radius 3 is 1.84 bits per heavy atom. The van der Waals surface area contributed by atoms with Crippen molar-refractivity contribution in [3.8, 4) is 45.0 Å². The van der Waals surface area contributed by atoms with E-state index in [0.717, 1.165) is 62.6 Å². The maximum absolute atomic E-state index is 6.78. The van der Waals surface area contributed by atoms with Crippen molar-refractivity contribution in [3.05, 3.63) is 217 Å². The molecular weight excluding hydrogens is 743 g/mol. The van der Waals surface area contributed by atoms with Gasteiger partial charge in [0.2, 0.25) is 0 Å². The molecule has 0 spiro atoms. The Balaban J connectivity index is 0.996. The van der Waals surface area contributed by atoms with Crippen molar-refractivity contribution in [3.63, 3.8) is 0 Å². The molecule has 0 saturated carbocycles. The molecule has 0 bridgehead atoms. The van der Waals surface area contributed by atoms with E-state index in [-0.39, 0.29) is 10.8 Å². The van der Waals surface area contributed by atoms with E-state index in [1.807, 2.05) is 30.3 Å². The third kappa shape index (κ3) is 6.61. The number of fused-ring (bicyclic) bond motifs is 4. The predicted octanol–water partition coefficient (Wildman–Crippen LogP) is 14.8. The van der Waals surface area contributed by atoms with Crippen LogP contribution in [-0.2, 0) is 5.41 Å². The lowest BCUT2D eigenvalue weighted by molar-refractivity contribution is 0.509. The minimum absolute atomic E-state index is 0.0123. The van der Waals surface area contributed by atoms with E-state index in [0.29, 0.717) is 17.5 Å². The van der Waals surface area contributed by atoms with Crippen LogP contribution in [0.25, 0.3) is 83.3 Å². The van der Waals surface area contributed by atoms with Gasteiger partial charge in [0.15, 0.2) is 17.5 Å². The first-order chi connectivity index (χ1) is 29.9. The summed E-state index contributed by atoms with van der Waals surface area (Å²) in [5.74, 6) is 1.90. The maximum atomic E-state index is 6.78. The molecule has 0 radical (unpaired) electrons. The van der Waals surface area contributed by atoms with Gasteiger partial charge < -0.3 is 4.42 Å². The highest BCUT2D eigenvalue weighted by molar-refractivity contribution is 6.16. The van der Waals surface area contributed by atoms with Gasteiger partial charge in [-0.2, -0.15) is 0 Å². The molecule has 11 rings (SSSR count). The molecule has 2 unspecified atom stereocenters. The minimum atomic E-state index is -0.139. The summed E-state index contributed by atoms with van der Waals surface area (Å²) >= 11 is 0. The molecule has 292 valence electrons. The smallest absolute Gasteiger partial charge is 0.164 e. The van der Waals surface area contributed by atoms with Crippen LogP contribution < -0.4 is 0 Å².